The van der Waals surface area contributed by atoms with Crippen molar-refractivity contribution in [3.8, 4) is 0 Å². The van der Waals surface area contributed by atoms with Crippen LogP contribution in [0.1, 0.15) is 36.5 Å². The van der Waals surface area contributed by atoms with E-state index in [1.54, 1.807) is 18.2 Å². The van der Waals surface area contributed by atoms with Crippen molar-refractivity contribution in [2.24, 2.45) is 0 Å². The molecule has 2 aromatic carbocycles. The zero-order chi connectivity index (χ0) is 21.1. The number of aliphatic hydroxyl groups excluding tert-OH is 1. The number of aliphatic hydroxyl groups is 1. The van der Waals surface area contributed by atoms with Crippen LogP contribution in [-0.4, -0.2) is 14.6 Å². The first-order valence-corrected chi connectivity index (χ1v) is 10.6. The van der Waals surface area contributed by atoms with Crippen molar-refractivity contribution in [2.75, 3.05) is 0 Å². The van der Waals surface area contributed by atoms with E-state index in [0.717, 1.165) is 26.6 Å². The lowest BCUT2D eigenvalue weighted by Gasteiger charge is -2.14. The monoisotopic (exact) mass is 450 g/mol. The number of non-ortho nitro benzene ring substituents is 1. The van der Waals surface area contributed by atoms with E-state index in [4.69, 9.17) is 23.2 Å². The molecule has 1 aromatic heterocycles. The Morgan fingerprint density at radius 3 is 2.28 bits per heavy atom. The van der Waals surface area contributed by atoms with Gasteiger partial charge in [-0.3, -0.25) is 10.1 Å². The Morgan fingerprint density at radius 2 is 1.76 bits per heavy atom. The van der Waals surface area contributed by atoms with Gasteiger partial charge in [0.2, 0.25) is 0 Å². The largest absolute Gasteiger partial charge is 0.392 e. The van der Waals surface area contributed by atoms with Crippen LogP contribution in [0.5, 0.6) is 0 Å². The summed E-state index contributed by atoms with van der Waals surface area (Å²) in [5, 5.41) is 22.9. The Hall–Kier alpha value is -1.99. The summed E-state index contributed by atoms with van der Waals surface area (Å²) in [4.78, 5) is 11.4. The van der Waals surface area contributed by atoms with Gasteiger partial charge < -0.3 is 9.67 Å². The zero-order valence-electron chi connectivity index (χ0n) is 15.9. The van der Waals surface area contributed by atoms with Gasteiger partial charge in [-0.25, -0.2) is 0 Å². The molecular weight excluding hydrogens is 431 g/mol. The van der Waals surface area contributed by atoms with E-state index >= 15 is 0 Å². The maximum absolute atomic E-state index is 10.9. The summed E-state index contributed by atoms with van der Waals surface area (Å²) in [5.41, 5.74) is 2.91. The van der Waals surface area contributed by atoms with Crippen LogP contribution >= 0.6 is 35.0 Å². The predicted molar refractivity (Wildman–Crippen MR) is 117 cm³/mol. The first kappa shape index (κ1) is 21.7. The molecule has 1 heterocycles. The minimum absolute atomic E-state index is 0.0586. The maximum Gasteiger partial charge on any atom is 0.269 e. The molecule has 3 rings (SSSR count). The Balaban J connectivity index is 2.02. The highest BCUT2D eigenvalue weighted by atomic mass is 35.5. The number of aromatic nitrogens is 1. The molecule has 5 nitrogen and oxygen atoms in total. The van der Waals surface area contributed by atoms with Crippen LogP contribution in [-0.2, 0) is 13.2 Å². The highest BCUT2D eigenvalue weighted by Gasteiger charge is 2.20. The smallest absolute Gasteiger partial charge is 0.269 e. The van der Waals surface area contributed by atoms with Crippen molar-refractivity contribution >= 4 is 40.7 Å². The fourth-order valence-electron chi connectivity index (χ4n) is 3.20. The molecule has 152 valence electrons. The van der Waals surface area contributed by atoms with Gasteiger partial charge in [0.05, 0.1) is 16.6 Å². The van der Waals surface area contributed by atoms with Gasteiger partial charge in [0.1, 0.15) is 0 Å². The van der Waals surface area contributed by atoms with Crippen LogP contribution in [0.15, 0.2) is 58.6 Å². The summed E-state index contributed by atoms with van der Waals surface area (Å²) in [5.74, 6) is 0.201. The van der Waals surface area contributed by atoms with Crippen molar-refractivity contribution in [2.45, 2.75) is 42.8 Å². The van der Waals surface area contributed by atoms with Crippen LogP contribution < -0.4 is 0 Å². The highest BCUT2D eigenvalue weighted by molar-refractivity contribution is 7.99. The van der Waals surface area contributed by atoms with E-state index in [-0.39, 0.29) is 18.2 Å². The van der Waals surface area contributed by atoms with E-state index in [9.17, 15) is 15.2 Å². The minimum Gasteiger partial charge on any atom is -0.392 e. The van der Waals surface area contributed by atoms with E-state index < -0.39 is 4.92 Å². The van der Waals surface area contributed by atoms with Crippen LogP contribution in [0.3, 0.4) is 0 Å². The lowest BCUT2D eigenvalue weighted by atomic mass is 10.0. The summed E-state index contributed by atoms with van der Waals surface area (Å²) in [6.07, 6.45) is 1.94. The molecule has 0 spiro atoms. The lowest BCUT2D eigenvalue weighted by Crippen LogP contribution is -2.02. The standard InChI is InChI=1S/C21H20Cl2N2O3S/c1-13(2)20-15(12-26)11-24(10-14-3-5-18(6-4-14)25(27)28)21(20)29-19-8-16(22)7-17(23)9-19/h3-9,11,13,26H,10,12H2,1-2H3. The Labute approximate surface area is 183 Å². The van der Waals surface area contributed by atoms with Gasteiger partial charge in [-0.2, -0.15) is 0 Å². The molecule has 0 aliphatic heterocycles. The molecule has 0 aliphatic rings. The first-order chi connectivity index (χ1) is 13.8. The molecule has 0 unspecified atom stereocenters. The van der Waals surface area contributed by atoms with Crippen molar-refractivity contribution in [1.29, 1.82) is 0 Å². The van der Waals surface area contributed by atoms with Gasteiger partial charge in [0.25, 0.3) is 5.69 Å². The van der Waals surface area contributed by atoms with Gasteiger partial charge >= 0.3 is 0 Å². The number of nitro groups is 1. The Bertz CT molecular complexity index is 1010. The third kappa shape index (κ3) is 5.14. The van der Waals surface area contributed by atoms with E-state index in [1.807, 2.05) is 18.3 Å². The second-order valence-electron chi connectivity index (χ2n) is 6.94. The number of benzene rings is 2. The average molecular weight is 451 g/mol. The summed E-state index contributed by atoms with van der Waals surface area (Å²) in [6.45, 7) is 4.62. The Kier molecular flexibility index (Phi) is 6.90. The minimum atomic E-state index is -0.412. The third-order valence-corrected chi connectivity index (χ3v) is 6.00. The molecule has 8 heteroatoms. The maximum atomic E-state index is 10.9. The van der Waals surface area contributed by atoms with Crippen LogP contribution in [0.25, 0.3) is 0 Å². The van der Waals surface area contributed by atoms with E-state index in [1.165, 1.54) is 23.9 Å². The van der Waals surface area contributed by atoms with Gasteiger partial charge in [-0.1, -0.05) is 60.9 Å². The van der Waals surface area contributed by atoms with Crippen molar-refractivity contribution in [3.63, 3.8) is 0 Å². The number of hydrogen-bond donors (Lipinski definition) is 1. The second-order valence-corrected chi connectivity index (χ2v) is 8.88. The molecule has 0 saturated heterocycles. The molecule has 0 bridgehead atoms. The number of nitro benzene ring substituents is 1. The SMILES string of the molecule is CC(C)c1c(CO)cn(Cc2ccc([N+](=O)[O-])cc2)c1Sc1cc(Cl)cc(Cl)c1. The second kappa shape index (κ2) is 9.22. The fourth-order valence-corrected chi connectivity index (χ4v) is 5.16. The van der Waals surface area contributed by atoms with Crippen LogP contribution in [0.2, 0.25) is 10.0 Å². The third-order valence-electron chi connectivity index (χ3n) is 4.45. The number of rotatable bonds is 7. The molecule has 1 N–H and O–H groups in total. The molecule has 0 aliphatic carbocycles. The van der Waals surface area contributed by atoms with Gasteiger partial charge in [0, 0.05) is 39.8 Å². The normalized spacial score (nSPS) is 11.2. The number of nitrogens with zero attached hydrogens (tertiary/aromatic N) is 2. The summed E-state index contributed by atoms with van der Waals surface area (Å²) in [7, 11) is 0. The van der Waals surface area contributed by atoms with Gasteiger partial charge in [-0.15, -0.1) is 0 Å². The Morgan fingerprint density at radius 1 is 1.14 bits per heavy atom. The summed E-state index contributed by atoms with van der Waals surface area (Å²) < 4.78 is 2.06. The molecule has 0 atom stereocenters. The topological polar surface area (TPSA) is 68.3 Å². The number of halogens is 2. The molecule has 0 saturated carbocycles. The molecular formula is C21H20Cl2N2O3S. The van der Waals surface area contributed by atoms with Crippen molar-refractivity contribution in [3.05, 3.63) is 85.5 Å². The lowest BCUT2D eigenvalue weighted by molar-refractivity contribution is -0.384. The molecule has 3 aromatic rings. The fraction of sp³-hybridized carbons (Fsp3) is 0.238. The first-order valence-electron chi connectivity index (χ1n) is 8.98. The van der Waals surface area contributed by atoms with Crippen LogP contribution in [0.4, 0.5) is 5.69 Å². The highest BCUT2D eigenvalue weighted by Crippen LogP contribution is 2.39. The molecule has 0 amide bonds. The predicted octanol–water partition coefficient (Wildman–Crippen LogP) is 6.52. The van der Waals surface area contributed by atoms with E-state index in [0.29, 0.717) is 16.6 Å². The molecule has 29 heavy (non-hydrogen) atoms. The van der Waals surface area contributed by atoms with Crippen molar-refractivity contribution < 1.29 is 10.0 Å². The van der Waals surface area contributed by atoms with Crippen LogP contribution in [0, 0.1) is 10.1 Å². The quantitative estimate of drug-likeness (QED) is 0.328. The van der Waals surface area contributed by atoms with Crippen molar-refractivity contribution in [1.82, 2.24) is 4.57 Å². The molecule has 0 radical (unpaired) electrons. The van der Waals surface area contributed by atoms with Gasteiger partial charge in [0.15, 0.2) is 0 Å². The molecule has 0 fully saturated rings. The van der Waals surface area contributed by atoms with Gasteiger partial charge in [-0.05, 0) is 40.8 Å². The van der Waals surface area contributed by atoms with E-state index in [2.05, 4.69) is 18.4 Å². The zero-order valence-corrected chi connectivity index (χ0v) is 18.3. The average Bonchev–Trinajstić information content (AvgIpc) is 2.98. The summed E-state index contributed by atoms with van der Waals surface area (Å²) in [6, 6.07) is 11.9. The number of hydrogen-bond acceptors (Lipinski definition) is 4. The summed E-state index contributed by atoms with van der Waals surface area (Å²) >= 11 is 13.9.